The van der Waals surface area contributed by atoms with Gasteiger partial charge < -0.3 is 4.90 Å². The zero-order chi connectivity index (χ0) is 17.2. The Hall–Kier alpha value is -1.63. The largest absolute Gasteiger partial charge is 0.367 e. The molecule has 0 unspecified atom stereocenters. The van der Waals surface area contributed by atoms with Gasteiger partial charge in [0.2, 0.25) is 10.0 Å². The Morgan fingerprint density at radius 1 is 1.00 bits per heavy atom. The number of sulfonamides is 1. The van der Waals surface area contributed by atoms with E-state index in [1.54, 1.807) is 42.5 Å². The van der Waals surface area contributed by atoms with E-state index >= 15 is 0 Å². The average molecular weight is 369 g/mol. The van der Waals surface area contributed by atoms with Crippen LogP contribution in [0.4, 0.5) is 10.1 Å². The van der Waals surface area contributed by atoms with E-state index < -0.39 is 10.0 Å². The molecule has 0 spiro atoms. The molecule has 0 radical (unpaired) electrons. The van der Waals surface area contributed by atoms with Crippen molar-refractivity contribution in [2.75, 3.05) is 31.1 Å². The lowest BCUT2D eigenvalue weighted by molar-refractivity contribution is 0.382. The Morgan fingerprint density at radius 3 is 2.38 bits per heavy atom. The Labute approximate surface area is 146 Å². The first kappa shape index (κ1) is 17.2. The molecular formula is C17H18ClFN2O2S. The van der Waals surface area contributed by atoms with Crippen LogP contribution in [0.1, 0.15) is 5.56 Å². The number of benzene rings is 2. The lowest BCUT2D eigenvalue weighted by Crippen LogP contribution is -2.49. The minimum atomic E-state index is -3.41. The standard InChI is InChI=1S/C17H18ClFN2O2S/c18-15-5-3-4-14(12-15)13-24(22,23)21-10-8-20(9-11-21)17-7-2-1-6-16(17)19/h1-7,12H,8-11,13H2. The Morgan fingerprint density at radius 2 is 1.71 bits per heavy atom. The Bertz CT molecular complexity index is 821. The van der Waals surface area contributed by atoms with Crippen molar-refractivity contribution in [3.05, 3.63) is 64.9 Å². The minimum absolute atomic E-state index is 0.0761. The van der Waals surface area contributed by atoms with Crippen LogP contribution in [0, 0.1) is 5.82 Å². The van der Waals surface area contributed by atoms with E-state index in [1.807, 2.05) is 4.90 Å². The van der Waals surface area contributed by atoms with E-state index in [1.165, 1.54) is 10.4 Å². The van der Waals surface area contributed by atoms with Crippen molar-refractivity contribution in [3.8, 4) is 0 Å². The molecule has 2 aromatic carbocycles. The predicted molar refractivity (Wildman–Crippen MR) is 94.3 cm³/mol. The summed E-state index contributed by atoms with van der Waals surface area (Å²) in [5, 5.41) is 0.520. The number of anilines is 1. The third-order valence-electron chi connectivity index (χ3n) is 4.06. The van der Waals surface area contributed by atoms with Crippen LogP contribution in [-0.4, -0.2) is 38.9 Å². The molecule has 7 heteroatoms. The second kappa shape index (κ2) is 7.09. The first-order chi connectivity index (χ1) is 11.5. The summed E-state index contributed by atoms with van der Waals surface area (Å²) in [5.41, 5.74) is 1.18. The molecule has 1 heterocycles. The van der Waals surface area contributed by atoms with Gasteiger partial charge in [0, 0.05) is 31.2 Å². The number of halogens is 2. The fraction of sp³-hybridized carbons (Fsp3) is 0.294. The highest BCUT2D eigenvalue weighted by molar-refractivity contribution is 7.88. The number of nitrogens with zero attached hydrogens (tertiary/aromatic N) is 2. The van der Waals surface area contributed by atoms with Crippen LogP contribution in [-0.2, 0) is 15.8 Å². The summed E-state index contributed by atoms with van der Waals surface area (Å²) in [5.74, 6) is -0.361. The lowest BCUT2D eigenvalue weighted by atomic mass is 10.2. The number of para-hydroxylation sites is 1. The van der Waals surface area contributed by atoms with Gasteiger partial charge in [-0.05, 0) is 29.8 Å². The Kier molecular flexibility index (Phi) is 5.08. The maximum absolute atomic E-state index is 13.8. The fourth-order valence-electron chi connectivity index (χ4n) is 2.84. The number of hydrogen-bond donors (Lipinski definition) is 0. The molecule has 128 valence electrons. The second-order valence-electron chi connectivity index (χ2n) is 5.72. The fourth-order valence-corrected chi connectivity index (χ4v) is 4.56. The normalized spacial score (nSPS) is 16.3. The molecule has 0 N–H and O–H groups in total. The smallest absolute Gasteiger partial charge is 0.218 e. The van der Waals surface area contributed by atoms with Crippen LogP contribution in [0.15, 0.2) is 48.5 Å². The zero-order valence-corrected chi connectivity index (χ0v) is 14.6. The molecule has 1 aliphatic rings. The molecule has 1 saturated heterocycles. The number of hydrogen-bond acceptors (Lipinski definition) is 3. The van der Waals surface area contributed by atoms with Gasteiger partial charge in [-0.15, -0.1) is 0 Å². The second-order valence-corrected chi connectivity index (χ2v) is 8.13. The van der Waals surface area contributed by atoms with Gasteiger partial charge in [0.25, 0.3) is 0 Å². The molecule has 24 heavy (non-hydrogen) atoms. The van der Waals surface area contributed by atoms with E-state index in [0.29, 0.717) is 42.5 Å². The minimum Gasteiger partial charge on any atom is -0.367 e. The molecular weight excluding hydrogens is 351 g/mol. The molecule has 0 bridgehead atoms. The highest BCUT2D eigenvalue weighted by atomic mass is 35.5. The summed E-state index contributed by atoms with van der Waals surface area (Å²) < 4.78 is 40.4. The summed E-state index contributed by atoms with van der Waals surface area (Å²) >= 11 is 5.91. The van der Waals surface area contributed by atoms with Crippen LogP contribution in [0.5, 0.6) is 0 Å². The molecule has 1 aliphatic heterocycles. The predicted octanol–water partition coefficient (Wildman–Crippen LogP) is 3.13. The first-order valence-electron chi connectivity index (χ1n) is 7.67. The topological polar surface area (TPSA) is 40.6 Å². The van der Waals surface area contributed by atoms with Crippen molar-refractivity contribution in [2.45, 2.75) is 5.75 Å². The average Bonchev–Trinajstić information content (AvgIpc) is 2.55. The summed E-state index contributed by atoms with van der Waals surface area (Å²) in [6.07, 6.45) is 0. The van der Waals surface area contributed by atoms with Gasteiger partial charge in [-0.1, -0.05) is 35.9 Å². The van der Waals surface area contributed by atoms with E-state index in [4.69, 9.17) is 11.6 Å². The summed E-state index contributed by atoms with van der Waals surface area (Å²) in [6.45, 7) is 1.62. The van der Waals surface area contributed by atoms with Gasteiger partial charge in [-0.3, -0.25) is 0 Å². The van der Waals surface area contributed by atoms with Gasteiger partial charge >= 0.3 is 0 Å². The maximum atomic E-state index is 13.8. The van der Waals surface area contributed by atoms with Gasteiger partial charge in [0.1, 0.15) is 5.82 Å². The van der Waals surface area contributed by atoms with Gasteiger partial charge in [0.05, 0.1) is 11.4 Å². The van der Waals surface area contributed by atoms with E-state index in [0.717, 1.165) is 0 Å². The van der Waals surface area contributed by atoms with E-state index in [2.05, 4.69) is 0 Å². The molecule has 0 aliphatic carbocycles. The quantitative estimate of drug-likeness (QED) is 0.832. The molecule has 0 amide bonds. The Balaban J connectivity index is 1.66. The third kappa shape index (κ3) is 3.88. The summed E-state index contributed by atoms with van der Waals surface area (Å²) in [6, 6.07) is 13.4. The molecule has 0 saturated carbocycles. The summed E-state index contributed by atoms with van der Waals surface area (Å²) in [7, 11) is -3.41. The molecule has 2 aromatic rings. The highest BCUT2D eigenvalue weighted by Crippen LogP contribution is 2.22. The molecule has 0 atom stereocenters. The van der Waals surface area contributed by atoms with Crippen LogP contribution in [0.2, 0.25) is 5.02 Å². The molecule has 1 fully saturated rings. The van der Waals surface area contributed by atoms with Crippen LogP contribution in [0.25, 0.3) is 0 Å². The van der Waals surface area contributed by atoms with Crippen molar-refractivity contribution >= 4 is 27.3 Å². The van der Waals surface area contributed by atoms with E-state index in [-0.39, 0.29) is 11.6 Å². The van der Waals surface area contributed by atoms with Gasteiger partial charge in [-0.2, -0.15) is 4.31 Å². The van der Waals surface area contributed by atoms with Gasteiger partial charge in [-0.25, -0.2) is 12.8 Å². The van der Waals surface area contributed by atoms with Crippen molar-refractivity contribution in [3.63, 3.8) is 0 Å². The molecule has 4 nitrogen and oxygen atoms in total. The van der Waals surface area contributed by atoms with Crippen molar-refractivity contribution < 1.29 is 12.8 Å². The monoisotopic (exact) mass is 368 g/mol. The van der Waals surface area contributed by atoms with Gasteiger partial charge in [0.15, 0.2) is 0 Å². The zero-order valence-electron chi connectivity index (χ0n) is 13.0. The summed E-state index contributed by atoms with van der Waals surface area (Å²) in [4.78, 5) is 1.88. The lowest BCUT2D eigenvalue weighted by Gasteiger charge is -2.35. The van der Waals surface area contributed by atoms with Crippen LogP contribution in [0.3, 0.4) is 0 Å². The van der Waals surface area contributed by atoms with Crippen molar-refractivity contribution in [1.29, 1.82) is 0 Å². The van der Waals surface area contributed by atoms with Crippen LogP contribution >= 0.6 is 11.6 Å². The SMILES string of the molecule is O=S(=O)(Cc1cccc(Cl)c1)N1CCN(c2ccccc2F)CC1. The number of rotatable bonds is 4. The molecule has 3 rings (SSSR count). The third-order valence-corrected chi connectivity index (χ3v) is 6.15. The molecule has 0 aromatic heterocycles. The maximum Gasteiger partial charge on any atom is 0.218 e. The van der Waals surface area contributed by atoms with Crippen LogP contribution < -0.4 is 4.90 Å². The first-order valence-corrected chi connectivity index (χ1v) is 9.66. The number of piperazine rings is 1. The van der Waals surface area contributed by atoms with E-state index in [9.17, 15) is 12.8 Å². The van der Waals surface area contributed by atoms with Crippen molar-refractivity contribution in [2.24, 2.45) is 0 Å². The highest BCUT2D eigenvalue weighted by Gasteiger charge is 2.28. The van der Waals surface area contributed by atoms with Crippen molar-refractivity contribution in [1.82, 2.24) is 4.31 Å².